The SMILES string of the molecule is CCC(CC)C1C(=C(O)c2ccc(OC)nc2)C(=O)C(=O)N1c1ccc(-c2ccon2)cc1. The molecule has 4 rings (SSSR count). The first-order valence-corrected chi connectivity index (χ1v) is 10.8. The van der Waals surface area contributed by atoms with Crippen LogP contribution in [0.5, 0.6) is 5.88 Å². The Bertz CT molecular complexity index is 1160. The molecular weight excluding hydrogens is 422 g/mol. The number of amides is 1. The molecule has 1 aromatic carbocycles. The Morgan fingerprint density at radius 3 is 2.39 bits per heavy atom. The number of rotatable bonds is 7. The van der Waals surface area contributed by atoms with Crippen molar-refractivity contribution in [2.75, 3.05) is 12.0 Å². The van der Waals surface area contributed by atoms with Crippen LogP contribution >= 0.6 is 0 Å². The van der Waals surface area contributed by atoms with Gasteiger partial charge in [-0.25, -0.2) is 4.98 Å². The van der Waals surface area contributed by atoms with Crippen LogP contribution in [0.15, 0.2) is 65.0 Å². The van der Waals surface area contributed by atoms with E-state index in [2.05, 4.69) is 10.1 Å². The molecular formula is C25H25N3O5. The number of methoxy groups -OCH3 is 1. The number of Topliss-reactive ketones (excluding diaryl/α,β-unsaturated/α-hetero) is 1. The second-order valence-electron chi connectivity index (χ2n) is 7.81. The molecule has 2 aromatic heterocycles. The van der Waals surface area contributed by atoms with E-state index >= 15 is 0 Å². The van der Waals surface area contributed by atoms with E-state index < -0.39 is 17.7 Å². The Balaban J connectivity index is 1.80. The zero-order valence-corrected chi connectivity index (χ0v) is 18.7. The second-order valence-corrected chi connectivity index (χ2v) is 7.81. The van der Waals surface area contributed by atoms with Gasteiger partial charge in [0, 0.05) is 35.1 Å². The first-order valence-electron chi connectivity index (χ1n) is 10.8. The largest absolute Gasteiger partial charge is 0.507 e. The molecule has 170 valence electrons. The number of benzene rings is 1. The zero-order chi connectivity index (χ0) is 23.5. The Hall–Kier alpha value is -3.94. The molecule has 1 aliphatic rings. The maximum absolute atomic E-state index is 13.2. The van der Waals surface area contributed by atoms with Crippen LogP contribution in [0.4, 0.5) is 5.69 Å². The maximum atomic E-state index is 13.2. The molecule has 1 saturated heterocycles. The van der Waals surface area contributed by atoms with Crippen molar-refractivity contribution in [3.63, 3.8) is 0 Å². The summed E-state index contributed by atoms with van der Waals surface area (Å²) in [6, 6.07) is 11.6. The van der Waals surface area contributed by atoms with Gasteiger partial charge in [0.25, 0.3) is 11.7 Å². The van der Waals surface area contributed by atoms with Gasteiger partial charge in [0.2, 0.25) is 5.88 Å². The summed E-state index contributed by atoms with van der Waals surface area (Å²) < 4.78 is 9.97. The normalized spacial score (nSPS) is 17.7. The van der Waals surface area contributed by atoms with Gasteiger partial charge in [-0.3, -0.25) is 14.5 Å². The number of anilines is 1. The first-order chi connectivity index (χ1) is 16.0. The van der Waals surface area contributed by atoms with Gasteiger partial charge >= 0.3 is 0 Å². The lowest BCUT2D eigenvalue weighted by Gasteiger charge is -2.31. The highest BCUT2D eigenvalue weighted by atomic mass is 16.5. The minimum atomic E-state index is -0.708. The van der Waals surface area contributed by atoms with Crippen LogP contribution < -0.4 is 9.64 Å². The number of hydrogen-bond acceptors (Lipinski definition) is 7. The number of ketones is 1. The molecule has 1 atom stereocenters. The molecule has 0 bridgehead atoms. The van der Waals surface area contributed by atoms with Gasteiger partial charge in [0.1, 0.15) is 17.7 Å². The number of aliphatic hydroxyl groups excluding tert-OH is 1. The van der Waals surface area contributed by atoms with E-state index in [4.69, 9.17) is 9.26 Å². The van der Waals surface area contributed by atoms with E-state index in [1.54, 1.807) is 30.3 Å². The molecule has 0 saturated carbocycles. The van der Waals surface area contributed by atoms with Crippen molar-refractivity contribution in [2.24, 2.45) is 5.92 Å². The Morgan fingerprint density at radius 2 is 1.85 bits per heavy atom. The van der Waals surface area contributed by atoms with Crippen LogP contribution in [0.25, 0.3) is 17.0 Å². The van der Waals surface area contributed by atoms with Gasteiger partial charge in [0.05, 0.1) is 18.7 Å². The average molecular weight is 447 g/mol. The molecule has 0 aliphatic carbocycles. The summed E-state index contributed by atoms with van der Waals surface area (Å²) in [5, 5.41) is 15.0. The number of aliphatic hydroxyl groups is 1. The van der Waals surface area contributed by atoms with Crippen molar-refractivity contribution in [3.8, 4) is 17.1 Å². The lowest BCUT2D eigenvalue weighted by Crippen LogP contribution is -2.39. The molecule has 1 fully saturated rings. The first kappa shape index (κ1) is 22.3. The molecule has 1 aliphatic heterocycles. The van der Waals surface area contributed by atoms with Crippen molar-refractivity contribution in [1.82, 2.24) is 10.1 Å². The Kier molecular flexibility index (Phi) is 6.26. The van der Waals surface area contributed by atoms with Crippen molar-refractivity contribution < 1.29 is 24.0 Å². The third-order valence-corrected chi connectivity index (χ3v) is 6.08. The molecule has 3 aromatic rings. The monoisotopic (exact) mass is 447 g/mol. The van der Waals surface area contributed by atoms with E-state index in [1.807, 2.05) is 26.0 Å². The van der Waals surface area contributed by atoms with Crippen molar-refractivity contribution in [3.05, 3.63) is 66.1 Å². The highest BCUT2D eigenvalue weighted by Crippen LogP contribution is 2.39. The fraction of sp³-hybridized carbons (Fsp3) is 0.280. The molecule has 0 spiro atoms. The topological polar surface area (TPSA) is 106 Å². The minimum absolute atomic E-state index is 0.0287. The van der Waals surface area contributed by atoms with Gasteiger partial charge in [-0.1, -0.05) is 44.0 Å². The van der Waals surface area contributed by atoms with Crippen LogP contribution in [0, 0.1) is 5.92 Å². The van der Waals surface area contributed by atoms with Gasteiger partial charge in [-0.2, -0.15) is 0 Å². The summed E-state index contributed by atoms with van der Waals surface area (Å²) in [5.41, 5.74) is 2.53. The molecule has 3 heterocycles. The van der Waals surface area contributed by atoms with Crippen LogP contribution in [-0.2, 0) is 9.59 Å². The van der Waals surface area contributed by atoms with Gasteiger partial charge in [-0.15, -0.1) is 0 Å². The fourth-order valence-electron chi connectivity index (χ4n) is 4.27. The van der Waals surface area contributed by atoms with Gasteiger partial charge in [-0.05, 0) is 24.1 Å². The molecule has 1 unspecified atom stereocenters. The van der Waals surface area contributed by atoms with Crippen LogP contribution in [0.3, 0.4) is 0 Å². The van der Waals surface area contributed by atoms with Crippen LogP contribution in [0.2, 0.25) is 0 Å². The molecule has 8 nitrogen and oxygen atoms in total. The standard InChI is InChI=1S/C25H25N3O5/c1-4-15(5-2)22-21(23(29)17-8-11-20(32-3)26-14-17)24(30)25(31)28(22)18-9-6-16(7-10-18)19-12-13-33-27-19/h6-15,22,29H,4-5H2,1-3H3. The molecule has 33 heavy (non-hydrogen) atoms. The van der Waals surface area contributed by atoms with E-state index in [0.29, 0.717) is 22.8 Å². The van der Waals surface area contributed by atoms with Gasteiger partial charge < -0.3 is 14.4 Å². The number of carbonyl (C=O) groups excluding carboxylic acids is 2. The summed E-state index contributed by atoms with van der Waals surface area (Å²) in [7, 11) is 1.49. The number of aromatic nitrogens is 2. The fourth-order valence-corrected chi connectivity index (χ4v) is 4.27. The van der Waals surface area contributed by atoms with Gasteiger partial charge in [0.15, 0.2) is 0 Å². The van der Waals surface area contributed by atoms with E-state index in [-0.39, 0.29) is 17.3 Å². The zero-order valence-electron chi connectivity index (χ0n) is 18.7. The third kappa shape index (κ3) is 4.00. The van der Waals surface area contributed by atoms with Crippen molar-refractivity contribution in [2.45, 2.75) is 32.7 Å². The predicted octanol–water partition coefficient (Wildman–Crippen LogP) is 4.44. The Labute approximate surface area is 191 Å². The molecule has 8 heteroatoms. The number of pyridine rings is 1. The smallest absolute Gasteiger partial charge is 0.299 e. The Morgan fingerprint density at radius 1 is 1.12 bits per heavy atom. The minimum Gasteiger partial charge on any atom is -0.507 e. The predicted molar refractivity (Wildman–Crippen MR) is 123 cm³/mol. The summed E-state index contributed by atoms with van der Waals surface area (Å²) in [4.78, 5) is 31.9. The summed E-state index contributed by atoms with van der Waals surface area (Å²) in [6.07, 6.45) is 4.38. The maximum Gasteiger partial charge on any atom is 0.299 e. The number of hydrogen-bond donors (Lipinski definition) is 1. The lowest BCUT2D eigenvalue weighted by atomic mass is 9.87. The van der Waals surface area contributed by atoms with Crippen LogP contribution in [0.1, 0.15) is 32.3 Å². The quantitative estimate of drug-likeness (QED) is 0.324. The average Bonchev–Trinajstić information content (AvgIpc) is 3.47. The van der Waals surface area contributed by atoms with E-state index in [0.717, 1.165) is 18.4 Å². The molecule has 1 N–H and O–H groups in total. The van der Waals surface area contributed by atoms with Crippen LogP contribution in [-0.4, -0.2) is 40.1 Å². The highest BCUT2D eigenvalue weighted by Gasteiger charge is 2.48. The summed E-state index contributed by atoms with van der Waals surface area (Å²) in [5.74, 6) is -1.25. The van der Waals surface area contributed by atoms with E-state index in [1.165, 1.54) is 24.5 Å². The number of ether oxygens (including phenoxy) is 1. The number of carbonyl (C=O) groups is 2. The summed E-state index contributed by atoms with van der Waals surface area (Å²) >= 11 is 0. The van der Waals surface area contributed by atoms with E-state index in [9.17, 15) is 14.7 Å². The van der Waals surface area contributed by atoms with Crippen molar-refractivity contribution >= 4 is 23.1 Å². The number of nitrogens with zero attached hydrogens (tertiary/aromatic N) is 3. The highest BCUT2D eigenvalue weighted by molar-refractivity contribution is 6.51. The molecule has 1 amide bonds. The summed E-state index contributed by atoms with van der Waals surface area (Å²) in [6.45, 7) is 4.02. The lowest BCUT2D eigenvalue weighted by molar-refractivity contribution is -0.132. The third-order valence-electron chi connectivity index (χ3n) is 6.08. The van der Waals surface area contributed by atoms with Crippen molar-refractivity contribution in [1.29, 1.82) is 0 Å². The molecule has 0 radical (unpaired) electrons. The second kappa shape index (κ2) is 9.28.